The molecule has 0 saturated carbocycles. The topological polar surface area (TPSA) is 37.8 Å². The summed E-state index contributed by atoms with van der Waals surface area (Å²) in [5.74, 6) is 0. The molecule has 1 N–H and O–H groups in total. The molecule has 0 fully saturated rings. The van der Waals surface area contributed by atoms with E-state index in [0.717, 1.165) is 11.9 Å². The van der Waals surface area contributed by atoms with Crippen LogP contribution in [-0.4, -0.2) is 15.5 Å². The van der Waals surface area contributed by atoms with Crippen molar-refractivity contribution >= 4 is 27.4 Å². The van der Waals surface area contributed by atoms with E-state index in [4.69, 9.17) is 0 Å². The van der Waals surface area contributed by atoms with Gasteiger partial charge >= 0.3 is 0 Å². The number of nitrogens with zero attached hydrogens (tertiary/aromatic N) is 2. The first-order valence-corrected chi connectivity index (χ1v) is 28.2. The van der Waals surface area contributed by atoms with Crippen molar-refractivity contribution in [3.05, 3.63) is 188 Å². The molecule has 7 rings (SSSR count). The highest BCUT2D eigenvalue weighted by atomic mass is 14.9. The van der Waals surface area contributed by atoms with E-state index in [2.05, 4.69) is 243 Å². The van der Waals surface area contributed by atoms with Gasteiger partial charge in [0.15, 0.2) is 0 Å². The summed E-state index contributed by atoms with van der Waals surface area (Å²) in [6.07, 6.45) is 10.3. The quantitative estimate of drug-likeness (QED) is 0.188. The van der Waals surface area contributed by atoms with E-state index in [1.54, 1.807) is 12.4 Å². The van der Waals surface area contributed by atoms with E-state index in [9.17, 15) is 0 Å². The molecule has 0 saturated heterocycles. The molecular weight excluding hydrogens is 907 g/mol. The van der Waals surface area contributed by atoms with Gasteiger partial charge in [-0.15, -0.1) is 0 Å². The molecule has 0 spiro atoms. The average Bonchev–Trinajstić information content (AvgIpc) is 3.39. The minimum absolute atomic E-state index is 0. The monoisotopic (exact) mass is 1030 g/mol. The Kier molecular flexibility index (Phi) is 53.6. The SMILES string of the molecule is C.CC.CC.CC.CC.CC(C)(C)Cc1ccccc1.CC(C)(C)Nc1ccccc1.CCC(C)(C)C.CCC(C)(C)C.CCC(C)(C)C.c1ccc2ccccc2c1.c1ccc2ncccc2c1.c1ccncc1. The van der Waals surface area contributed by atoms with Crippen molar-refractivity contribution in [1.29, 1.82) is 0 Å². The van der Waals surface area contributed by atoms with E-state index in [0.29, 0.717) is 21.7 Å². The molecule has 0 unspecified atom stereocenters. The van der Waals surface area contributed by atoms with Gasteiger partial charge in [0.05, 0.1) is 5.52 Å². The standard InChI is InChI=1S/C11H16.C10H15N.C10H8.C9H7N.3C6H14.C5H5N.4C2H6.CH4/c1-11(2,3)9-10-7-5-4-6-8-10;1-10(2,3)11-9-7-5-4-6-8-9;1-2-6-10-8-4-3-7-9(10)5-1;1-2-6-9-8(4-1)5-3-7-10-9;3*1-5-6(2,3)4;1-2-4-6-5-3-1;4*1-2;/h4-8H,9H2,1-3H3;4-8,11H,1-3H3;1-8H;1-7H;3*5H2,1-4H3;1-5H;4*1-2H3;1H4. The van der Waals surface area contributed by atoms with Crippen LogP contribution in [0.2, 0.25) is 0 Å². The fraction of sp³-hybridized carbons (Fsp3) is 0.500. The summed E-state index contributed by atoms with van der Waals surface area (Å²) in [7, 11) is 0. The first-order valence-electron chi connectivity index (χ1n) is 28.2. The second-order valence-electron chi connectivity index (χ2n) is 22.3. The predicted octanol–water partition coefficient (Wildman–Crippen LogP) is 24.4. The van der Waals surface area contributed by atoms with Crippen LogP contribution < -0.4 is 5.32 Å². The third-order valence-electron chi connectivity index (χ3n) is 9.79. The van der Waals surface area contributed by atoms with Crippen molar-refractivity contribution in [2.75, 3.05) is 5.32 Å². The van der Waals surface area contributed by atoms with Crippen LogP contribution in [0.15, 0.2) is 182 Å². The van der Waals surface area contributed by atoms with Gasteiger partial charge in [0.2, 0.25) is 0 Å². The number of aromatic nitrogens is 2. The molecular formula is C72H121N3. The predicted molar refractivity (Wildman–Crippen MR) is 351 cm³/mol. The van der Waals surface area contributed by atoms with Crippen molar-refractivity contribution in [2.45, 2.75) is 219 Å². The number of nitrogens with one attached hydrogen (secondary N) is 1. The van der Waals surface area contributed by atoms with Gasteiger partial charge in [-0.25, -0.2) is 0 Å². The maximum Gasteiger partial charge on any atom is 0.0701 e. The maximum absolute atomic E-state index is 4.18. The summed E-state index contributed by atoms with van der Waals surface area (Å²) >= 11 is 0. The molecule has 75 heavy (non-hydrogen) atoms. The summed E-state index contributed by atoms with van der Waals surface area (Å²) < 4.78 is 0. The van der Waals surface area contributed by atoms with E-state index >= 15 is 0 Å². The number of benzene rings is 5. The van der Waals surface area contributed by atoms with Crippen molar-refractivity contribution in [2.24, 2.45) is 21.7 Å². The number of anilines is 1. The molecule has 2 heterocycles. The molecule has 3 nitrogen and oxygen atoms in total. The highest BCUT2D eigenvalue weighted by Crippen LogP contribution is 2.20. The van der Waals surface area contributed by atoms with Gasteiger partial charge < -0.3 is 5.32 Å². The molecule has 0 radical (unpaired) electrons. The van der Waals surface area contributed by atoms with E-state index in [-0.39, 0.29) is 13.0 Å². The van der Waals surface area contributed by atoms with Crippen LogP contribution >= 0.6 is 0 Å². The van der Waals surface area contributed by atoms with E-state index < -0.39 is 0 Å². The van der Waals surface area contributed by atoms with Crippen LogP contribution in [-0.2, 0) is 6.42 Å². The van der Waals surface area contributed by atoms with Gasteiger partial charge in [-0.2, -0.15) is 0 Å². The van der Waals surface area contributed by atoms with Crippen LogP contribution in [0.1, 0.15) is 212 Å². The van der Waals surface area contributed by atoms with Gasteiger partial charge in [0.25, 0.3) is 0 Å². The number of pyridine rings is 2. The minimum atomic E-state index is 0. The lowest BCUT2D eigenvalue weighted by Gasteiger charge is -2.21. The number of para-hydroxylation sites is 2. The number of rotatable bonds is 2. The summed E-state index contributed by atoms with van der Waals surface area (Å²) in [5, 5.41) is 7.20. The summed E-state index contributed by atoms with van der Waals surface area (Å²) in [5.41, 5.74) is 5.85. The van der Waals surface area contributed by atoms with E-state index in [1.165, 1.54) is 46.7 Å². The van der Waals surface area contributed by atoms with Crippen LogP contribution in [0.4, 0.5) is 5.69 Å². The second kappa shape index (κ2) is 49.6. The summed E-state index contributed by atoms with van der Waals surface area (Å²) in [6.45, 7) is 56.1. The summed E-state index contributed by atoms with van der Waals surface area (Å²) in [6, 6.07) is 55.4. The minimum Gasteiger partial charge on any atom is -0.380 e. The summed E-state index contributed by atoms with van der Waals surface area (Å²) in [4.78, 5) is 7.97. The number of hydrogen-bond acceptors (Lipinski definition) is 3. The highest BCUT2D eigenvalue weighted by Gasteiger charge is 2.10. The van der Waals surface area contributed by atoms with Crippen LogP contribution in [0.3, 0.4) is 0 Å². The second-order valence-corrected chi connectivity index (χ2v) is 22.3. The lowest BCUT2D eigenvalue weighted by atomic mass is 9.88. The van der Waals surface area contributed by atoms with Gasteiger partial charge in [-0.1, -0.05) is 313 Å². The van der Waals surface area contributed by atoms with Crippen molar-refractivity contribution in [3.8, 4) is 0 Å². The Balaban J connectivity index is -0.000000180. The average molecular weight is 1030 g/mol. The zero-order chi connectivity index (χ0) is 58.1. The van der Waals surface area contributed by atoms with E-state index in [1.807, 2.05) is 122 Å². The molecule has 0 aliphatic heterocycles. The zero-order valence-electron chi connectivity index (χ0n) is 53.0. The molecule has 0 atom stereocenters. The van der Waals surface area contributed by atoms with Crippen molar-refractivity contribution in [3.63, 3.8) is 0 Å². The van der Waals surface area contributed by atoms with Gasteiger partial charge in [0, 0.05) is 35.2 Å². The smallest absolute Gasteiger partial charge is 0.0701 e. The molecule has 424 valence electrons. The first-order chi connectivity index (χ1) is 34.8. The van der Waals surface area contributed by atoms with Crippen molar-refractivity contribution < 1.29 is 0 Å². The molecule has 7 aromatic rings. The van der Waals surface area contributed by atoms with Gasteiger partial charge in [0.1, 0.15) is 0 Å². The Labute approximate surface area is 468 Å². The third-order valence-corrected chi connectivity index (χ3v) is 9.79. The van der Waals surface area contributed by atoms with Crippen molar-refractivity contribution in [1.82, 2.24) is 9.97 Å². The molecule has 3 heteroatoms. The molecule has 0 amide bonds. The normalized spacial score (nSPS) is 9.84. The first kappa shape index (κ1) is 81.1. The Morgan fingerprint density at radius 3 is 0.907 bits per heavy atom. The lowest BCUT2D eigenvalue weighted by molar-refractivity contribution is 0.397. The van der Waals surface area contributed by atoms with Gasteiger partial charge in [-0.3, -0.25) is 9.97 Å². The Bertz CT molecular complexity index is 1850. The number of hydrogen-bond donors (Lipinski definition) is 1. The van der Waals surface area contributed by atoms with Crippen LogP contribution in [0.25, 0.3) is 21.7 Å². The van der Waals surface area contributed by atoms with Crippen LogP contribution in [0.5, 0.6) is 0 Å². The maximum atomic E-state index is 4.18. The fourth-order valence-electron chi connectivity index (χ4n) is 4.62. The molecule has 0 bridgehead atoms. The molecule has 5 aromatic carbocycles. The Morgan fingerprint density at radius 2 is 0.627 bits per heavy atom. The molecule has 2 aromatic heterocycles. The largest absolute Gasteiger partial charge is 0.380 e. The van der Waals surface area contributed by atoms with Crippen LogP contribution in [0, 0.1) is 21.7 Å². The Hall–Kier alpha value is -5.28. The Morgan fingerprint density at radius 1 is 0.333 bits per heavy atom. The fourth-order valence-corrected chi connectivity index (χ4v) is 4.62. The molecule has 0 aliphatic carbocycles. The third kappa shape index (κ3) is 59.5. The van der Waals surface area contributed by atoms with Gasteiger partial charge in [-0.05, 0) is 102 Å². The lowest BCUT2D eigenvalue weighted by Crippen LogP contribution is -2.25. The number of fused-ring (bicyclic) bond motifs is 2. The highest BCUT2D eigenvalue weighted by molar-refractivity contribution is 5.82. The molecule has 0 aliphatic rings. The zero-order valence-corrected chi connectivity index (χ0v) is 53.0.